The van der Waals surface area contributed by atoms with Gasteiger partial charge in [0.2, 0.25) is 0 Å². The highest BCUT2D eigenvalue weighted by Crippen LogP contribution is 2.49. The molecule has 2 aliphatic rings. The summed E-state index contributed by atoms with van der Waals surface area (Å²) in [7, 11) is 0. The first-order valence-corrected chi connectivity index (χ1v) is 4.99. The van der Waals surface area contributed by atoms with Gasteiger partial charge in [0.1, 0.15) is 0 Å². The van der Waals surface area contributed by atoms with Crippen LogP contribution in [0.2, 0.25) is 0 Å². The van der Waals surface area contributed by atoms with Crippen molar-refractivity contribution in [1.82, 2.24) is 0 Å². The molecule has 64 valence electrons. The van der Waals surface area contributed by atoms with Gasteiger partial charge >= 0.3 is 0 Å². The molecule has 0 saturated heterocycles. The summed E-state index contributed by atoms with van der Waals surface area (Å²) in [5.74, 6) is 2.53. The third kappa shape index (κ3) is 1.20. The van der Waals surface area contributed by atoms with Crippen molar-refractivity contribution in [3.05, 3.63) is 0 Å². The van der Waals surface area contributed by atoms with E-state index in [2.05, 4.69) is 6.92 Å². The molecule has 0 aromatic rings. The number of rotatable bonds is 2. The van der Waals surface area contributed by atoms with E-state index in [1.165, 1.54) is 25.7 Å². The van der Waals surface area contributed by atoms with Crippen molar-refractivity contribution < 1.29 is 5.11 Å². The average molecular weight is 154 g/mol. The summed E-state index contributed by atoms with van der Waals surface area (Å²) in [4.78, 5) is 0. The van der Waals surface area contributed by atoms with Crippen molar-refractivity contribution in [1.29, 1.82) is 0 Å². The monoisotopic (exact) mass is 154 g/mol. The van der Waals surface area contributed by atoms with Crippen molar-refractivity contribution in [2.75, 3.05) is 0 Å². The fourth-order valence-electron chi connectivity index (χ4n) is 3.09. The van der Waals surface area contributed by atoms with E-state index in [4.69, 9.17) is 0 Å². The zero-order valence-electron chi connectivity index (χ0n) is 7.29. The minimum Gasteiger partial charge on any atom is -0.393 e. The van der Waals surface area contributed by atoms with Crippen LogP contribution in [0.5, 0.6) is 0 Å². The Balaban J connectivity index is 1.92. The molecular formula is C10H18O. The minimum atomic E-state index is 0.0631. The highest BCUT2D eigenvalue weighted by molar-refractivity contribution is 4.94. The number of aliphatic hydroxyl groups is 1. The van der Waals surface area contributed by atoms with Gasteiger partial charge in [-0.3, -0.25) is 0 Å². The van der Waals surface area contributed by atoms with Gasteiger partial charge in [0.15, 0.2) is 0 Å². The Hall–Kier alpha value is -0.0400. The summed E-state index contributed by atoms with van der Waals surface area (Å²) in [5, 5.41) is 9.51. The molecule has 0 radical (unpaired) electrons. The van der Waals surface area contributed by atoms with Gasteiger partial charge in [-0.1, -0.05) is 19.8 Å². The fraction of sp³-hybridized carbons (Fsp3) is 1.00. The SMILES string of the molecule is CCC[C@H]1C[C@H]2C[C@@H]1C[C@@H]2O. The van der Waals surface area contributed by atoms with Crippen molar-refractivity contribution in [3.63, 3.8) is 0 Å². The maximum atomic E-state index is 9.51. The predicted octanol–water partition coefficient (Wildman–Crippen LogP) is 2.19. The van der Waals surface area contributed by atoms with Gasteiger partial charge in [-0.25, -0.2) is 0 Å². The maximum absolute atomic E-state index is 9.51. The van der Waals surface area contributed by atoms with Crippen LogP contribution >= 0.6 is 0 Å². The summed E-state index contributed by atoms with van der Waals surface area (Å²) < 4.78 is 0. The molecule has 1 N–H and O–H groups in total. The molecule has 2 aliphatic carbocycles. The van der Waals surface area contributed by atoms with Crippen LogP contribution in [0, 0.1) is 17.8 Å². The van der Waals surface area contributed by atoms with E-state index >= 15 is 0 Å². The smallest absolute Gasteiger partial charge is 0.0571 e. The van der Waals surface area contributed by atoms with E-state index < -0.39 is 0 Å². The van der Waals surface area contributed by atoms with Gasteiger partial charge in [0.25, 0.3) is 0 Å². The predicted molar refractivity (Wildman–Crippen MR) is 45.2 cm³/mol. The van der Waals surface area contributed by atoms with Gasteiger partial charge in [0, 0.05) is 0 Å². The average Bonchev–Trinajstić information content (AvgIpc) is 2.47. The van der Waals surface area contributed by atoms with Crippen LogP contribution in [-0.4, -0.2) is 11.2 Å². The molecule has 2 rings (SSSR count). The maximum Gasteiger partial charge on any atom is 0.0571 e. The first-order valence-electron chi connectivity index (χ1n) is 4.99. The standard InChI is InChI=1S/C10H18O/c1-2-3-7-4-9-5-8(7)6-10(9)11/h7-11H,2-6H2,1H3/t7-,8+,9-,10-/m0/s1. The van der Waals surface area contributed by atoms with Gasteiger partial charge < -0.3 is 5.11 Å². The summed E-state index contributed by atoms with van der Waals surface area (Å²) in [6.45, 7) is 2.27. The fourth-order valence-corrected chi connectivity index (χ4v) is 3.09. The molecule has 4 atom stereocenters. The van der Waals surface area contributed by atoms with Gasteiger partial charge in [-0.2, -0.15) is 0 Å². The van der Waals surface area contributed by atoms with Crippen molar-refractivity contribution in [3.8, 4) is 0 Å². The molecule has 0 amide bonds. The Labute approximate surface area is 68.8 Å². The minimum absolute atomic E-state index is 0.0631. The van der Waals surface area contributed by atoms with Crippen LogP contribution in [0.3, 0.4) is 0 Å². The second-order valence-electron chi connectivity index (χ2n) is 4.34. The van der Waals surface area contributed by atoms with Crippen molar-refractivity contribution in [2.45, 2.75) is 45.1 Å². The molecule has 0 heterocycles. The topological polar surface area (TPSA) is 20.2 Å². The van der Waals surface area contributed by atoms with E-state index in [0.717, 1.165) is 18.3 Å². The number of aliphatic hydroxyl groups excluding tert-OH is 1. The summed E-state index contributed by atoms with van der Waals surface area (Å²) in [6.07, 6.45) is 6.53. The Morgan fingerprint density at radius 1 is 1.18 bits per heavy atom. The lowest BCUT2D eigenvalue weighted by atomic mass is 9.84. The molecule has 0 unspecified atom stereocenters. The highest BCUT2D eigenvalue weighted by atomic mass is 16.3. The number of hydrogen-bond donors (Lipinski definition) is 1. The molecule has 2 bridgehead atoms. The Bertz CT molecular complexity index is 142. The quantitative estimate of drug-likeness (QED) is 0.646. The Morgan fingerprint density at radius 3 is 2.45 bits per heavy atom. The molecule has 1 heteroatoms. The first-order chi connectivity index (χ1) is 5.31. The molecule has 1 nitrogen and oxygen atoms in total. The van der Waals surface area contributed by atoms with Crippen LogP contribution < -0.4 is 0 Å². The summed E-state index contributed by atoms with van der Waals surface area (Å²) >= 11 is 0. The Morgan fingerprint density at radius 2 is 2.00 bits per heavy atom. The number of hydrogen-bond acceptors (Lipinski definition) is 1. The van der Waals surface area contributed by atoms with Gasteiger partial charge in [-0.05, 0) is 37.0 Å². The lowest BCUT2D eigenvalue weighted by Gasteiger charge is -2.24. The van der Waals surface area contributed by atoms with E-state index in [1.807, 2.05) is 0 Å². The van der Waals surface area contributed by atoms with Crippen molar-refractivity contribution >= 4 is 0 Å². The lowest BCUT2D eigenvalue weighted by Crippen LogP contribution is -2.21. The van der Waals surface area contributed by atoms with Gasteiger partial charge in [-0.15, -0.1) is 0 Å². The third-order valence-corrected chi connectivity index (χ3v) is 3.63. The second-order valence-corrected chi connectivity index (χ2v) is 4.34. The van der Waals surface area contributed by atoms with Crippen LogP contribution in [0.4, 0.5) is 0 Å². The Kier molecular flexibility index (Phi) is 1.92. The van der Waals surface area contributed by atoms with Crippen LogP contribution in [-0.2, 0) is 0 Å². The molecule has 0 aromatic heterocycles. The molecular weight excluding hydrogens is 136 g/mol. The largest absolute Gasteiger partial charge is 0.393 e. The number of fused-ring (bicyclic) bond motifs is 2. The molecule has 0 aromatic carbocycles. The first kappa shape index (κ1) is 7.60. The van der Waals surface area contributed by atoms with Gasteiger partial charge in [0.05, 0.1) is 6.10 Å². The van der Waals surface area contributed by atoms with Crippen molar-refractivity contribution in [2.24, 2.45) is 17.8 Å². The zero-order chi connectivity index (χ0) is 7.84. The third-order valence-electron chi connectivity index (χ3n) is 3.63. The molecule has 2 fully saturated rings. The molecule has 2 saturated carbocycles. The van der Waals surface area contributed by atoms with Crippen LogP contribution in [0.15, 0.2) is 0 Å². The zero-order valence-corrected chi connectivity index (χ0v) is 7.29. The van der Waals surface area contributed by atoms with E-state index in [0.29, 0.717) is 5.92 Å². The molecule has 11 heavy (non-hydrogen) atoms. The van der Waals surface area contributed by atoms with Crippen LogP contribution in [0.1, 0.15) is 39.0 Å². The molecule has 0 spiro atoms. The molecule has 0 aliphatic heterocycles. The van der Waals surface area contributed by atoms with E-state index in [1.54, 1.807) is 0 Å². The van der Waals surface area contributed by atoms with E-state index in [-0.39, 0.29) is 6.10 Å². The second kappa shape index (κ2) is 2.78. The highest BCUT2D eigenvalue weighted by Gasteiger charge is 2.44. The lowest BCUT2D eigenvalue weighted by molar-refractivity contribution is 0.0930. The van der Waals surface area contributed by atoms with Crippen LogP contribution in [0.25, 0.3) is 0 Å². The normalized spacial score (nSPS) is 48.5. The summed E-state index contributed by atoms with van der Waals surface area (Å²) in [6, 6.07) is 0. The van der Waals surface area contributed by atoms with E-state index in [9.17, 15) is 5.11 Å². The summed E-state index contributed by atoms with van der Waals surface area (Å²) in [5.41, 5.74) is 0.